The third-order valence-corrected chi connectivity index (χ3v) is 5.76. The molecule has 8 heteroatoms. The monoisotopic (exact) mass is 341 g/mol. The van der Waals surface area contributed by atoms with E-state index in [1.807, 2.05) is 0 Å². The molecular weight excluding hydrogens is 318 g/mol. The van der Waals surface area contributed by atoms with Crippen molar-refractivity contribution in [2.75, 3.05) is 34.2 Å². The van der Waals surface area contributed by atoms with Crippen LogP contribution < -0.4 is 10.1 Å². The predicted octanol–water partition coefficient (Wildman–Crippen LogP) is 0.696. The Balaban J connectivity index is 1.96. The van der Waals surface area contributed by atoms with Gasteiger partial charge in [0.25, 0.3) is 16.1 Å². The lowest BCUT2D eigenvalue weighted by molar-refractivity contribution is 0.0961. The summed E-state index contributed by atoms with van der Waals surface area (Å²) in [5, 5.41) is 2.57. The topological polar surface area (TPSA) is 79.0 Å². The second-order valence-corrected chi connectivity index (χ2v) is 7.76. The fourth-order valence-corrected chi connectivity index (χ4v) is 3.59. The maximum Gasteiger partial charge on any atom is 0.281 e. The molecule has 0 aromatic heterocycles. The number of carbonyl (C=O) groups excluding carboxylic acids is 1. The Hall–Kier alpha value is -1.64. The van der Waals surface area contributed by atoms with Crippen LogP contribution in [0.5, 0.6) is 5.75 Å². The van der Waals surface area contributed by atoms with E-state index in [4.69, 9.17) is 4.74 Å². The van der Waals surface area contributed by atoms with Crippen molar-refractivity contribution in [3.05, 3.63) is 29.8 Å². The lowest BCUT2D eigenvalue weighted by Gasteiger charge is -2.32. The van der Waals surface area contributed by atoms with Gasteiger partial charge in [0.15, 0.2) is 0 Å². The first-order chi connectivity index (χ1) is 10.8. The molecule has 0 aliphatic carbocycles. The van der Waals surface area contributed by atoms with E-state index < -0.39 is 10.2 Å². The highest BCUT2D eigenvalue weighted by Crippen LogP contribution is 2.22. The summed E-state index contributed by atoms with van der Waals surface area (Å²) in [5.41, 5.74) is 0.539. The summed E-state index contributed by atoms with van der Waals surface area (Å²) in [4.78, 5) is 11.6. The van der Waals surface area contributed by atoms with Crippen LogP contribution >= 0.6 is 0 Å². The quantitative estimate of drug-likeness (QED) is 0.855. The highest BCUT2D eigenvalue weighted by atomic mass is 32.2. The van der Waals surface area contributed by atoms with Crippen LogP contribution in [0.1, 0.15) is 23.2 Å². The fraction of sp³-hybridized carbons (Fsp3) is 0.533. The molecule has 0 bridgehead atoms. The molecule has 23 heavy (non-hydrogen) atoms. The largest absolute Gasteiger partial charge is 0.490 e. The van der Waals surface area contributed by atoms with E-state index in [0.29, 0.717) is 37.2 Å². The number of hydrogen-bond acceptors (Lipinski definition) is 4. The van der Waals surface area contributed by atoms with Crippen LogP contribution in [0.2, 0.25) is 0 Å². The molecule has 1 N–H and O–H groups in total. The van der Waals surface area contributed by atoms with Crippen molar-refractivity contribution in [3.8, 4) is 5.75 Å². The lowest BCUT2D eigenvalue weighted by atomic mass is 10.1. The van der Waals surface area contributed by atoms with Gasteiger partial charge in [0.05, 0.1) is 0 Å². The molecule has 1 fully saturated rings. The van der Waals surface area contributed by atoms with Crippen molar-refractivity contribution in [2.45, 2.75) is 18.9 Å². The van der Waals surface area contributed by atoms with Gasteiger partial charge in [-0.25, -0.2) is 0 Å². The van der Waals surface area contributed by atoms with E-state index in [1.165, 1.54) is 22.7 Å². The van der Waals surface area contributed by atoms with Gasteiger partial charge >= 0.3 is 0 Å². The molecule has 0 atom stereocenters. The SMILES string of the molecule is CNC(=O)c1cccc(OC2CCN(S(=O)(=O)N(C)C)CC2)c1. The number of benzene rings is 1. The predicted molar refractivity (Wildman–Crippen MR) is 87.7 cm³/mol. The van der Waals surface area contributed by atoms with E-state index in [-0.39, 0.29) is 12.0 Å². The van der Waals surface area contributed by atoms with E-state index in [9.17, 15) is 13.2 Å². The normalized spacial score (nSPS) is 17.2. The molecule has 1 amide bonds. The summed E-state index contributed by atoms with van der Waals surface area (Å²) < 4.78 is 32.7. The van der Waals surface area contributed by atoms with Crippen molar-refractivity contribution in [1.82, 2.24) is 13.9 Å². The van der Waals surface area contributed by atoms with Gasteiger partial charge in [-0.05, 0) is 31.0 Å². The summed E-state index contributed by atoms with van der Waals surface area (Å²) in [6, 6.07) is 6.99. The summed E-state index contributed by atoms with van der Waals surface area (Å²) in [6.07, 6.45) is 1.19. The number of piperidine rings is 1. The smallest absolute Gasteiger partial charge is 0.281 e. The first kappa shape index (κ1) is 17.7. The molecular formula is C15H23N3O4S. The molecule has 1 aromatic carbocycles. The molecule has 0 unspecified atom stereocenters. The molecule has 1 heterocycles. The van der Waals surface area contributed by atoms with E-state index in [1.54, 1.807) is 31.3 Å². The highest BCUT2D eigenvalue weighted by Gasteiger charge is 2.30. The summed E-state index contributed by atoms with van der Waals surface area (Å²) in [6.45, 7) is 0.862. The maximum absolute atomic E-state index is 12.1. The van der Waals surface area contributed by atoms with Crippen molar-refractivity contribution < 1.29 is 17.9 Å². The molecule has 1 aliphatic heterocycles. The van der Waals surface area contributed by atoms with Gasteiger partial charge in [0, 0.05) is 39.8 Å². The van der Waals surface area contributed by atoms with Gasteiger partial charge in [0.1, 0.15) is 11.9 Å². The molecule has 0 spiro atoms. The Morgan fingerprint density at radius 2 is 1.96 bits per heavy atom. The number of ether oxygens (including phenoxy) is 1. The van der Waals surface area contributed by atoms with Gasteiger partial charge in [-0.15, -0.1) is 0 Å². The molecule has 1 aliphatic rings. The summed E-state index contributed by atoms with van der Waals surface area (Å²) >= 11 is 0. The van der Waals surface area contributed by atoms with Crippen molar-refractivity contribution in [3.63, 3.8) is 0 Å². The number of amides is 1. The van der Waals surface area contributed by atoms with Crippen LogP contribution in [0, 0.1) is 0 Å². The van der Waals surface area contributed by atoms with Gasteiger partial charge in [-0.3, -0.25) is 4.79 Å². The van der Waals surface area contributed by atoms with Crippen molar-refractivity contribution >= 4 is 16.1 Å². The van der Waals surface area contributed by atoms with Crippen LogP contribution in [-0.4, -0.2) is 63.3 Å². The molecule has 128 valence electrons. The van der Waals surface area contributed by atoms with Crippen molar-refractivity contribution in [1.29, 1.82) is 0 Å². The Morgan fingerprint density at radius 3 is 2.52 bits per heavy atom. The zero-order valence-electron chi connectivity index (χ0n) is 13.7. The number of rotatable bonds is 5. The van der Waals surface area contributed by atoms with Gasteiger partial charge in [-0.2, -0.15) is 17.0 Å². The minimum atomic E-state index is -3.36. The van der Waals surface area contributed by atoms with Gasteiger partial charge in [0.2, 0.25) is 0 Å². The minimum absolute atomic E-state index is 0.0523. The summed E-state index contributed by atoms with van der Waals surface area (Å²) in [5.74, 6) is 0.461. The van der Waals surface area contributed by atoms with Crippen LogP contribution in [0.15, 0.2) is 24.3 Å². The Labute approximate surface area is 137 Å². The third kappa shape index (κ3) is 4.21. The molecule has 7 nitrogen and oxygen atoms in total. The fourth-order valence-electron chi connectivity index (χ4n) is 2.46. The van der Waals surface area contributed by atoms with Crippen LogP contribution in [0.4, 0.5) is 0 Å². The van der Waals surface area contributed by atoms with E-state index in [0.717, 1.165) is 0 Å². The molecule has 1 aromatic rings. The number of hydrogen-bond donors (Lipinski definition) is 1. The zero-order valence-corrected chi connectivity index (χ0v) is 14.5. The van der Waals surface area contributed by atoms with E-state index >= 15 is 0 Å². The molecule has 2 rings (SSSR count). The maximum atomic E-state index is 12.1. The average Bonchev–Trinajstić information content (AvgIpc) is 2.54. The molecule has 1 saturated heterocycles. The van der Waals surface area contributed by atoms with E-state index in [2.05, 4.69) is 5.32 Å². The van der Waals surface area contributed by atoms with Gasteiger partial charge < -0.3 is 10.1 Å². The van der Waals surface area contributed by atoms with Crippen LogP contribution in [-0.2, 0) is 10.2 Å². The van der Waals surface area contributed by atoms with Crippen LogP contribution in [0.25, 0.3) is 0 Å². The first-order valence-electron chi connectivity index (χ1n) is 7.51. The lowest BCUT2D eigenvalue weighted by Crippen LogP contribution is -2.46. The van der Waals surface area contributed by atoms with Crippen molar-refractivity contribution in [2.24, 2.45) is 0 Å². The summed E-state index contributed by atoms with van der Waals surface area (Å²) in [7, 11) is 1.28. The molecule has 0 radical (unpaired) electrons. The average molecular weight is 341 g/mol. The second kappa shape index (κ2) is 7.29. The Bertz CT molecular complexity index is 652. The number of nitrogens with one attached hydrogen (secondary N) is 1. The third-order valence-electron chi connectivity index (χ3n) is 3.81. The molecule has 0 saturated carbocycles. The number of carbonyl (C=O) groups is 1. The van der Waals surface area contributed by atoms with Gasteiger partial charge in [-0.1, -0.05) is 6.07 Å². The first-order valence-corrected chi connectivity index (χ1v) is 8.90. The second-order valence-electron chi connectivity index (χ2n) is 5.61. The Kier molecular flexibility index (Phi) is 5.61. The standard InChI is InChI=1S/C15H23N3O4S/c1-16-15(19)12-5-4-6-14(11-12)22-13-7-9-18(10-8-13)23(20,21)17(2)3/h4-6,11,13H,7-10H2,1-3H3,(H,16,19). The highest BCUT2D eigenvalue weighted by molar-refractivity contribution is 7.86. The minimum Gasteiger partial charge on any atom is -0.490 e. The Morgan fingerprint density at radius 1 is 1.30 bits per heavy atom. The van der Waals surface area contributed by atoms with Crippen LogP contribution in [0.3, 0.4) is 0 Å². The number of nitrogens with zero attached hydrogens (tertiary/aromatic N) is 2. The zero-order chi connectivity index (χ0) is 17.0.